The maximum absolute atomic E-state index is 14.4. The topological polar surface area (TPSA) is 90.4 Å². The molecule has 2 fully saturated rings. The molecule has 5 rings (SSSR count). The number of nitrogens with zero attached hydrogens (tertiary/aromatic N) is 3. The van der Waals surface area contributed by atoms with Gasteiger partial charge in [0.15, 0.2) is 0 Å². The van der Waals surface area contributed by atoms with Crippen molar-refractivity contribution in [3.05, 3.63) is 60.2 Å². The van der Waals surface area contributed by atoms with E-state index >= 15 is 0 Å². The fraction of sp³-hybridized carbons (Fsp3) is 0.567. The minimum atomic E-state index is -1.27. The van der Waals surface area contributed by atoms with Crippen LogP contribution >= 0.6 is 0 Å². The minimum Gasteiger partial charge on any atom is -0.394 e. The summed E-state index contributed by atoms with van der Waals surface area (Å²) in [6, 6.07) is 8.25. The first-order chi connectivity index (χ1) is 18.4. The molecule has 4 heterocycles. The number of ether oxygens (including phenoxy) is 1. The largest absolute Gasteiger partial charge is 0.394 e. The van der Waals surface area contributed by atoms with Crippen molar-refractivity contribution in [1.82, 2.24) is 14.7 Å². The highest BCUT2D eigenvalue weighted by Gasteiger charge is 2.72. The van der Waals surface area contributed by atoms with Crippen LogP contribution in [0.5, 0.6) is 0 Å². The van der Waals surface area contributed by atoms with Crippen LogP contribution in [0.2, 0.25) is 0 Å². The summed E-state index contributed by atoms with van der Waals surface area (Å²) in [5.41, 5.74) is -0.283. The Morgan fingerprint density at radius 2 is 1.76 bits per heavy atom. The lowest BCUT2D eigenvalue weighted by Gasteiger charge is -2.40. The predicted molar refractivity (Wildman–Crippen MR) is 143 cm³/mol. The van der Waals surface area contributed by atoms with Crippen molar-refractivity contribution in [1.29, 1.82) is 0 Å². The van der Waals surface area contributed by atoms with Crippen LogP contribution in [0.4, 0.5) is 0 Å². The molecule has 1 unspecified atom stereocenters. The number of benzene rings is 1. The van der Waals surface area contributed by atoms with Crippen molar-refractivity contribution in [3.8, 4) is 0 Å². The molecule has 38 heavy (non-hydrogen) atoms. The van der Waals surface area contributed by atoms with Gasteiger partial charge in [-0.05, 0) is 17.9 Å². The van der Waals surface area contributed by atoms with Crippen LogP contribution in [0.15, 0.2) is 54.6 Å². The van der Waals surface area contributed by atoms with E-state index in [1.807, 2.05) is 75.4 Å². The van der Waals surface area contributed by atoms with E-state index in [4.69, 9.17) is 4.74 Å². The Hall–Kier alpha value is -2.97. The van der Waals surface area contributed by atoms with Crippen LogP contribution in [0.25, 0.3) is 0 Å². The molecular weight excluding hydrogens is 482 g/mol. The molecule has 0 aromatic heterocycles. The van der Waals surface area contributed by atoms with Gasteiger partial charge >= 0.3 is 0 Å². The number of hydrogen-bond acceptors (Lipinski definition) is 5. The first kappa shape index (κ1) is 26.6. The molecule has 0 radical (unpaired) electrons. The van der Waals surface area contributed by atoms with Gasteiger partial charge in [-0.2, -0.15) is 0 Å². The Bertz CT molecular complexity index is 1120. The van der Waals surface area contributed by atoms with Gasteiger partial charge in [0, 0.05) is 26.2 Å². The normalized spacial score (nSPS) is 32.1. The van der Waals surface area contributed by atoms with Crippen LogP contribution in [-0.4, -0.2) is 87.6 Å². The molecule has 4 aliphatic rings. The van der Waals surface area contributed by atoms with Crippen LogP contribution < -0.4 is 0 Å². The summed E-state index contributed by atoms with van der Waals surface area (Å²) < 4.78 is 6.70. The Balaban J connectivity index is 1.60. The van der Waals surface area contributed by atoms with Gasteiger partial charge < -0.3 is 24.5 Å². The fourth-order valence-electron chi connectivity index (χ4n) is 6.76. The van der Waals surface area contributed by atoms with Gasteiger partial charge in [0.05, 0.1) is 30.6 Å². The lowest BCUT2D eigenvalue weighted by atomic mass is 9.77. The molecule has 8 heteroatoms. The summed E-state index contributed by atoms with van der Waals surface area (Å²) in [5, 5.41) is 10.5. The molecule has 0 saturated carbocycles. The molecule has 0 aliphatic carbocycles. The lowest BCUT2D eigenvalue weighted by molar-refractivity contribution is -0.152. The maximum Gasteiger partial charge on any atom is 0.249 e. The van der Waals surface area contributed by atoms with Gasteiger partial charge in [0.1, 0.15) is 11.6 Å². The smallest absolute Gasteiger partial charge is 0.249 e. The fourth-order valence-corrected chi connectivity index (χ4v) is 6.76. The summed E-state index contributed by atoms with van der Waals surface area (Å²) in [7, 11) is 0. The van der Waals surface area contributed by atoms with Gasteiger partial charge in [-0.25, -0.2) is 0 Å². The van der Waals surface area contributed by atoms with E-state index in [1.165, 1.54) is 0 Å². The standard InChI is InChI=1S/C30H39N3O5/c1-4-15-31-16-9-13-23-24(27(31)35)25-28(36)33(22(19-34)20(3)5-2)26-29(37)32(17-10-14-30(25,26)38-23)18-21-11-7-6-8-12-21/h6-14,20,22-26,34H,4-5,15-19H2,1-3H3/t20-,22-,23+,24-,25-,26?,30-/m0/s1. The van der Waals surface area contributed by atoms with Crippen molar-refractivity contribution >= 4 is 17.7 Å². The number of carbonyl (C=O) groups excluding carboxylic acids is 3. The molecule has 1 aromatic rings. The second-order valence-corrected chi connectivity index (χ2v) is 11.0. The van der Waals surface area contributed by atoms with Gasteiger partial charge in [0.2, 0.25) is 17.7 Å². The molecule has 1 spiro atoms. The molecule has 3 amide bonds. The summed E-state index contributed by atoms with van der Waals surface area (Å²) in [4.78, 5) is 47.8. The van der Waals surface area contributed by atoms with Crippen molar-refractivity contribution in [3.63, 3.8) is 0 Å². The summed E-state index contributed by atoms with van der Waals surface area (Å²) in [6.45, 7) is 7.60. The Labute approximate surface area is 224 Å². The first-order valence-electron chi connectivity index (χ1n) is 13.9. The zero-order chi connectivity index (χ0) is 27.0. The Kier molecular flexibility index (Phi) is 7.47. The highest BCUT2D eigenvalue weighted by molar-refractivity contribution is 6.00. The van der Waals surface area contributed by atoms with Crippen LogP contribution in [0.3, 0.4) is 0 Å². The van der Waals surface area contributed by atoms with E-state index in [1.54, 1.807) is 14.7 Å². The highest BCUT2D eigenvalue weighted by Crippen LogP contribution is 2.54. The molecule has 1 N–H and O–H groups in total. The second kappa shape index (κ2) is 10.7. The van der Waals surface area contributed by atoms with Crippen molar-refractivity contribution in [2.75, 3.05) is 26.2 Å². The molecule has 4 aliphatic heterocycles. The van der Waals surface area contributed by atoms with Crippen molar-refractivity contribution < 1.29 is 24.2 Å². The average Bonchev–Trinajstić information content (AvgIpc) is 3.25. The molecule has 204 valence electrons. The van der Waals surface area contributed by atoms with E-state index in [-0.39, 0.29) is 30.2 Å². The number of likely N-dealkylation sites (tertiary alicyclic amines) is 1. The number of hydrogen-bond donors (Lipinski definition) is 1. The van der Waals surface area contributed by atoms with E-state index in [9.17, 15) is 19.5 Å². The maximum atomic E-state index is 14.4. The number of aliphatic hydroxyl groups excluding tert-OH is 1. The summed E-state index contributed by atoms with van der Waals surface area (Å²) >= 11 is 0. The minimum absolute atomic E-state index is 0.0421. The molecular formula is C30H39N3O5. The number of rotatable bonds is 8. The van der Waals surface area contributed by atoms with Crippen molar-refractivity contribution in [2.24, 2.45) is 17.8 Å². The third kappa shape index (κ3) is 4.18. The van der Waals surface area contributed by atoms with Crippen LogP contribution in [0, 0.1) is 17.8 Å². The van der Waals surface area contributed by atoms with Gasteiger partial charge in [-0.15, -0.1) is 0 Å². The zero-order valence-corrected chi connectivity index (χ0v) is 22.5. The monoisotopic (exact) mass is 521 g/mol. The quantitative estimate of drug-likeness (QED) is 0.531. The van der Waals surface area contributed by atoms with Crippen LogP contribution in [-0.2, 0) is 25.7 Å². The van der Waals surface area contributed by atoms with Gasteiger partial charge in [-0.3, -0.25) is 14.4 Å². The number of aliphatic hydroxyl groups is 1. The third-order valence-corrected chi connectivity index (χ3v) is 8.82. The molecule has 0 bridgehead atoms. The van der Waals surface area contributed by atoms with Gasteiger partial charge in [0.25, 0.3) is 0 Å². The molecule has 2 saturated heterocycles. The zero-order valence-electron chi connectivity index (χ0n) is 22.5. The SMILES string of the molecule is CCCN1CC=C[C@H]2O[C@]34C=CCN(Cc5ccccc5)C(=O)C3N([C@@H](CO)[C@@H](C)CC)C(=O)[C@@H]4[C@H]2C1=O. The Morgan fingerprint density at radius 1 is 1.03 bits per heavy atom. The predicted octanol–water partition coefficient (Wildman–Crippen LogP) is 2.38. The average molecular weight is 522 g/mol. The summed E-state index contributed by atoms with van der Waals surface area (Å²) in [6.07, 6.45) is 8.56. The van der Waals surface area contributed by atoms with E-state index < -0.39 is 35.6 Å². The molecule has 8 nitrogen and oxygen atoms in total. The number of carbonyl (C=O) groups is 3. The van der Waals surface area contributed by atoms with E-state index in [2.05, 4.69) is 0 Å². The van der Waals surface area contributed by atoms with Crippen LogP contribution in [0.1, 0.15) is 39.2 Å². The van der Waals surface area contributed by atoms with Crippen molar-refractivity contribution in [2.45, 2.75) is 63.9 Å². The summed E-state index contributed by atoms with van der Waals surface area (Å²) in [5.74, 6) is -2.18. The second-order valence-electron chi connectivity index (χ2n) is 11.0. The van der Waals surface area contributed by atoms with Gasteiger partial charge in [-0.1, -0.05) is 81.8 Å². The van der Waals surface area contributed by atoms with E-state index in [0.717, 1.165) is 18.4 Å². The lowest BCUT2D eigenvalue weighted by Crippen LogP contribution is -2.59. The Morgan fingerprint density at radius 3 is 2.45 bits per heavy atom. The molecule has 1 aromatic carbocycles. The van der Waals surface area contributed by atoms with E-state index in [0.29, 0.717) is 26.2 Å². The molecule has 7 atom stereocenters. The third-order valence-electron chi connectivity index (χ3n) is 8.82. The highest BCUT2D eigenvalue weighted by atomic mass is 16.5. The first-order valence-corrected chi connectivity index (χ1v) is 13.9. The number of amides is 3. The number of fused-ring (bicyclic) bond motifs is 2.